The summed E-state index contributed by atoms with van der Waals surface area (Å²) < 4.78 is 0. The molecule has 4 heterocycles. The third-order valence-corrected chi connectivity index (χ3v) is 7.28. The van der Waals surface area contributed by atoms with Crippen LogP contribution in [-0.2, 0) is 4.79 Å². The number of anilines is 1. The molecule has 2 fully saturated rings. The van der Waals surface area contributed by atoms with E-state index in [1.54, 1.807) is 0 Å². The number of carboxylic acid groups (broad SMARTS) is 1. The van der Waals surface area contributed by atoms with Crippen LogP contribution in [0.15, 0.2) is 30.5 Å². The molecule has 7 nitrogen and oxygen atoms in total. The number of hydrogen-bond donors (Lipinski definition) is 2. The van der Waals surface area contributed by atoms with Crippen molar-refractivity contribution >= 4 is 23.0 Å². The van der Waals surface area contributed by atoms with Gasteiger partial charge in [0.05, 0.1) is 5.52 Å². The van der Waals surface area contributed by atoms with Gasteiger partial charge in [-0.05, 0) is 81.0 Å². The van der Waals surface area contributed by atoms with E-state index in [0.717, 1.165) is 60.0 Å². The van der Waals surface area contributed by atoms with Crippen molar-refractivity contribution in [3.63, 3.8) is 0 Å². The Labute approximate surface area is 181 Å². The van der Waals surface area contributed by atoms with Gasteiger partial charge in [-0.25, -0.2) is 15.0 Å². The minimum atomic E-state index is -0.653. The topological polar surface area (TPSA) is 95.0 Å². The molecule has 0 unspecified atom stereocenters. The Morgan fingerprint density at radius 2 is 1.90 bits per heavy atom. The fraction of sp³-hybridized carbons (Fsp3) is 0.500. The molecule has 3 aromatic heterocycles. The molecule has 2 aliphatic rings. The fourth-order valence-corrected chi connectivity index (χ4v) is 5.29. The Balaban J connectivity index is 1.22. The Bertz CT molecular complexity index is 1070. The van der Waals surface area contributed by atoms with E-state index in [9.17, 15) is 4.79 Å². The van der Waals surface area contributed by atoms with Crippen LogP contribution in [0.1, 0.15) is 50.6 Å². The average Bonchev–Trinajstić information content (AvgIpc) is 3.19. The predicted octanol–water partition coefficient (Wildman–Crippen LogP) is 4.58. The number of aromatic nitrogens is 4. The number of nitrogens with zero attached hydrogens (tertiary/aromatic N) is 4. The van der Waals surface area contributed by atoms with E-state index in [-0.39, 0.29) is 0 Å². The summed E-state index contributed by atoms with van der Waals surface area (Å²) in [5, 5.41) is 9.05. The lowest BCUT2D eigenvalue weighted by Crippen LogP contribution is -2.42. The molecule has 0 aromatic carbocycles. The minimum Gasteiger partial charge on any atom is -0.481 e. The van der Waals surface area contributed by atoms with E-state index in [0.29, 0.717) is 17.8 Å². The van der Waals surface area contributed by atoms with Crippen LogP contribution in [0.4, 0.5) is 5.82 Å². The second-order valence-corrected chi connectivity index (χ2v) is 9.34. The molecule has 1 aliphatic carbocycles. The smallest absolute Gasteiger partial charge is 0.303 e. The number of carboxylic acids is 1. The zero-order chi connectivity index (χ0) is 21.4. The maximum absolute atomic E-state index is 11.0. The van der Waals surface area contributed by atoms with Gasteiger partial charge >= 0.3 is 5.97 Å². The molecule has 162 valence electrons. The lowest BCUT2D eigenvalue weighted by molar-refractivity contribution is -0.138. The summed E-state index contributed by atoms with van der Waals surface area (Å²) >= 11 is 0. The molecule has 2 N–H and O–H groups in total. The minimum absolute atomic E-state index is 0.333. The van der Waals surface area contributed by atoms with Gasteiger partial charge in [0.25, 0.3) is 0 Å². The quantitative estimate of drug-likeness (QED) is 0.643. The number of nitrogens with one attached hydrogen (secondary N) is 1. The molecular formula is C24H29N5O2. The molecule has 0 radical (unpaired) electrons. The Kier molecular flexibility index (Phi) is 5.12. The first-order valence-corrected chi connectivity index (χ1v) is 11.3. The zero-order valence-corrected chi connectivity index (χ0v) is 18.0. The number of aromatic amines is 1. The van der Waals surface area contributed by atoms with Gasteiger partial charge in [0.2, 0.25) is 0 Å². The fourth-order valence-electron chi connectivity index (χ4n) is 5.29. The van der Waals surface area contributed by atoms with Crippen LogP contribution in [0, 0.1) is 18.3 Å². The molecular weight excluding hydrogens is 390 g/mol. The average molecular weight is 420 g/mol. The van der Waals surface area contributed by atoms with Crippen molar-refractivity contribution in [3.8, 4) is 11.4 Å². The molecule has 1 aliphatic heterocycles. The van der Waals surface area contributed by atoms with Gasteiger partial charge in [0.15, 0.2) is 5.65 Å². The molecule has 31 heavy (non-hydrogen) atoms. The summed E-state index contributed by atoms with van der Waals surface area (Å²) in [4.78, 5) is 30.5. The van der Waals surface area contributed by atoms with Gasteiger partial charge in [-0.2, -0.15) is 0 Å². The number of rotatable bonds is 4. The highest BCUT2D eigenvalue weighted by Gasteiger charge is 2.38. The van der Waals surface area contributed by atoms with Crippen molar-refractivity contribution in [2.45, 2.75) is 51.9 Å². The van der Waals surface area contributed by atoms with E-state index in [4.69, 9.17) is 10.1 Å². The van der Waals surface area contributed by atoms with Gasteiger partial charge in [-0.1, -0.05) is 0 Å². The van der Waals surface area contributed by atoms with Crippen molar-refractivity contribution in [1.82, 2.24) is 19.9 Å². The lowest BCUT2D eigenvalue weighted by Gasteiger charge is -2.46. The number of imidazole rings is 1. The van der Waals surface area contributed by atoms with Gasteiger partial charge < -0.3 is 15.0 Å². The SMILES string of the molecule is Cc1ccc2[nH]c(-c3ccc(N4CCC5(CCC(CC(=O)O)CC5)CC4)nc3)nc2n1. The highest BCUT2D eigenvalue weighted by atomic mass is 16.4. The Morgan fingerprint density at radius 3 is 2.58 bits per heavy atom. The van der Waals surface area contributed by atoms with Crippen molar-refractivity contribution in [3.05, 3.63) is 36.2 Å². The number of hydrogen-bond acceptors (Lipinski definition) is 5. The summed E-state index contributed by atoms with van der Waals surface area (Å²) in [5.41, 5.74) is 4.00. The van der Waals surface area contributed by atoms with E-state index in [1.165, 1.54) is 25.7 Å². The van der Waals surface area contributed by atoms with Crippen LogP contribution in [-0.4, -0.2) is 44.1 Å². The van der Waals surface area contributed by atoms with E-state index in [1.807, 2.05) is 25.3 Å². The van der Waals surface area contributed by atoms with Crippen molar-refractivity contribution in [2.75, 3.05) is 18.0 Å². The standard InChI is InChI=1S/C24H29N5O2/c1-16-2-4-19-23(26-16)28-22(27-19)18-3-5-20(25-15-18)29-12-10-24(11-13-29)8-6-17(7-9-24)14-21(30)31/h2-5,15,17H,6-14H2,1H3,(H,30,31)(H,26,27,28). The first-order valence-electron chi connectivity index (χ1n) is 11.3. The summed E-state index contributed by atoms with van der Waals surface area (Å²) in [7, 11) is 0. The monoisotopic (exact) mass is 419 g/mol. The largest absolute Gasteiger partial charge is 0.481 e. The number of aryl methyl sites for hydroxylation is 1. The molecule has 1 spiro atoms. The summed E-state index contributed by atoms with van der Waals surface area (Å²) in [5.74, 6) is 1.53. The maximum Gasteiger partial charge on any atom is 0.303 e. The first-order chi connectivity index (χ1) is 15.0. The Hall–Kier alpha value is -2.96. The molecule has 7 heteroatoms. The van der Waals surface area contributed by atoms with Crippen molar-refractivity contribution in [2.24, 2.45) is 11.3 Å². The molecule has 0 bridgehead atoms. The van der Waals surface area contributed by atoms with Gasteiger partial charge in [0.1, 0.15) is 11.6 Å². The number of fused-ring (bicyclic) bond motifs is 1. The van der Waals surface area contributed by atoms with Crippen molar-refractivity contribution in [1.29, 1.82) is 0 Å². The van der Waals surface area contributed by atoms with Gasteiger partial charge in [-0.3, -0.25) is 4.79 Å². The van der Waals surface area contributed by atoms with Gasteiger partial charge in [0, 0.05) is 37.0 Å². The Morgan fingerprint density at radius 1 is 1.13 bits per heavy atom. The number of piperidine rings is 1. The second-order valence-electron chi connectivity index (χ2n) is 9.34. The normalized spacial score (nSPS) is 19.2. The number of aliphatic carboxylic acids is 1. The third kappa shape index (κ3) is 4.13. The molecule has 5 rings (SSSR count). The lowest BCUT2D eigenvalue weighted by atomic mass is 9.65. The van der Waals surface area contributed by atoms with Crippen LogP contribution in [0.5, 0.6) is 0 Å². The first kappa shape index (κ1) is 20.0. The van der Waals surface area contributed by atoms with E-state index < -0.39 is 5.97 Å². The third-order valence-electron chi connectivity index (χ3n) is 7.28. The summed E-state index contributed by atoms with van der Waals surface area (Å²) in [6.45, 7) is 4.00. The number of pyridine rings is 2. The van der Waals surface area contributed by atoms with Gasteiger partial charge in [-0.15, -0.1) is 0 Å². The number of carbonyl (C=O) groups is 1. The highest BCUT2D eigenvalue weighted by molar-refractivity contribution is 5.76. The summed E-state index contributed by atoms with van der Waals surface area (Å²) in [6.07, 6.45) is 9.03. The van der Waals surface area contributed by atoms with Crippen molar-refractivity contribution < 1.29 is 9.90 Å². The van der Waals surface area contributed by atoms with E-state index >= 15 is 0 Å². The molecule has 0 atom stereocenters. The van der Waals surface area contributed by atoms with E-state index in [2.05, 4.69) is 32.0 Å². The van der Waals surface area contributed by atoms with Crippen LogP contribution in [0.25, 0.3) is 22.6 Å². The highest BCUT2D eigenvalue weighted by Crippen LogP contribution is 2.47. The molecule has 1 saturated carbocycles. The maximum atomic E-state index is 11.0. The zero-order valence-electron chi connectivity index (χ0n) is 18.0. The molecule has 1 saturated heterocycles. The molecule has 0 amide bonds. The summed E-state index contributed by atoms with van der Waals surface area (Å²) in [6, 6.07) is 8.15. The van der Waals surface area contributed by atoms with Crippen LogP contribution in [0.3, 0.4) is 0 Å². The number of H-pyrrole nitrogens is 1. The van der Waals surface area contributed by atoms with Crippen LogP contribution < -0.4 is 4.90 Å². The molecule has 3 aromatic rings. The van der Waals surface area contributed by atoms with Crippen LogP contribution in [0.2, 0.25) is 0 Å². The predicted molar refractivity (Wildman–Crippen MR) is 120 cm³/mol. The van der Waals surface area contributed by atoms with Crippen LogP contribution >= 0.6 is 0 Å². The second kappa shape index (κ2) is 7.94.